The second kappa shape index (κ2) is 5.69. The highest BCUT2D eigenvalue weighted by Crippen LogP contribution is 2.36. The fourth-order valence-corrected chi connectivity index (χ4v) is 2.48. The molecule has 0 spiro atoms. The largest absolute Gasteiger partial charge is 0.487 e. The zero-order chi connectivity index (χ0) is 14.8. The van der Waals surface area contributed by atoms with Gasteiger partial charge < -0.3 is 15.7 Å². The van der Waals surface area contributed by atoms with E-state index in [1.54, 1.807) is 6.07 Å². The zero-order valence-electron chi connectivity index (χ0n) is 11.9. The first-order chi connectivity index (χ1) is 9.41. The number of nitrogens with two attached hydrogens (primary N) is 1. The molecule has 20 heavy (non-hydrogen) atoms. The smallest absolute Gasteiger partial charge is 0.170 e. The molecule has 1 saturated carbocycles. The van der Waals surface area contributed by atoms with Crippen LogP contribution in [-0.2, 0) is 0 Å². The third-order valence-electron chi connectivity index (χ3n) is 3.92. The molecule has 1 aliphatic rings. The van der Waals surface area contributed by atoms with E-state index in [0.717, 1.165) is 25.7 Å². The van der Waals surface area contributed by atoms with Gasteiger partial charge in [-0.2, -0.15) is 0 Å². The van der Waals surface area contributed by atoms with Gasteiger partial charge in [-0.3, -0.25) is 0 Å². The Bertz CT molecular complexity index is 505. The third kappa shape index (κ3) is 3.40. The van der Waals surface area contributed by atoms with Crippen LogP contribution in [-0.4, -0.2) is 17.1 Å². The minimum atomic E-state index is -0.487. The lowest BCUT2D eigenvalue weighted by molar-refractivity contribution is 0.0952. The summed E-state index contributed by atoms with van der Waals surface area (Å²) in [6.45, 7) is 4.49. The predicted octanol–water partition coefficient (Wildman–Crippen LogP) is 3.27. The number of halogens is 1. The van der Waals surface area contributed by atoms with E-state index >= 15 is 0 Å². The van der Waals surface area contributed by atoms with Gasteiger partial charge in [0, 0.05) is 5.56 Å². The molecule has 110 valence electrons. The van der Waals surface area contributed by atoms with E-state index < -0.39 is 5.82 Å². The van der Waals surface area contributed by atoms with Crippen molar-refractivity contribution in [2.45, 2.75) is 45.6 Å². The Kier molecular flexibility index (Phi) is 4.16. The first kappa shape index (κ1) is 14.6. The van der Waals surface area contributed by atoms with Gasteiger partial charge in [0.25, 0.3) is 0 Å². The highest BCUT2D eigenvalue weighted by atomic mass is 19.1. The molecule has 0 atom stereocenters. The summed E-state index contributed by atoms with van der Waals surface area (Å²) in [7, 11) is 0. The molecule has 3 N–H and O–H groups in total. The molecule has 0 aromatic heterocycles. The average molecular weight is 280 g/mol. The molecule has 0 amide bonds. The molecule has 0 aliphatic heterocycles. The number of nitrogens with zero attached hydrogens (tertiary/aromatic N) is 1. The van der Waals surface area contributed by atoms with Crippen LogP contribution in [0.15, 0.2) is 23.4 Å². The van der Waals surface area contributed by atoms with Crippen LogP contribution in [0.4, 0.5) is 4.39 Å². The van der Waals surface area contributed by atoms with E-state index in [1.165, 1.54) is 12.1 Å². The van der Waals surface area contributed by atoms with Crippen molar-refractivity contribution in [1.82, 2.24) is 0 Å². The molecule has 2 rings (SSSR count). The van der Waals surface area contributed by atoms with Crippen molar-refractivity contribution in [3.63, 3.8) is 0 Å². The van der Waals surface area contributed by atoms with Crippen LogP contribution in [0, 0.1) is 11.2 Å². The molecule has 1 aliphatic carbocycles. The maximum atomic E-state index is 13.9. The lowest BCUT2D eigenvalue weighted by atomic mass is 9.76. The van der Waals surface area contributed by atoms with Gasteiger partial charge in [0.05, 0.1) is 6.10 Å². The summed E-state index contributed by atoms with van der Waals surface area (Å²) >= 11 is 0. The Hall–Kier alpha value is -1.78. The molecular weight excluding hydrogens is 259 g/mol. The molecule has 0 bridgehead atoms. The van der Waals surface area contributed by atoms with E-state index in [2.05, 4.69) is 19.0 Å². The molecule has 0 unspecified atom stereocenters. The summed E-state index contributed by atoms with van der Waals surface area (Å²) in [6.07, 6.45) is 4.11. The van der Waals surface area contributed by atoms with Gasteiger partial charge in [-0.05, 0) is 49.3 Å². The minimum absolute atomic E-state index is 0.0623. The number of rotatable bonds is 3. The fourth-order valence-electron chi connectivity index (χ4n) is 2.48. The third-order valence-corrected chi connectivity index (χ3v) is 3.92. The molecule has 1 aromatic rings. The lowest BCUT2D eigenvalue weighted by Gasteiger charge is -2.34. The lowest BCUT2D eigenvalue weighted by Crippen LogP contribution is -2.28. The van der Waals surface area contributed by atoms with E-state index in [-0.39, 0.29) is 17.7 Å². The molecule has 0 heterocycles. The highest BCUT2D eigenvalue weighted by molar-refractivity contribution is 5.97. The van der Waals surface area contributed by atoms with Crippen molar-refractivity contribution in [1.29, 1.82) is 0 Å². The van der Waals surface area contributed by atoms with Crippen LogP contribution in [0.2, 0.25) is 0 Å². The number of hydrogen-bond acceptors (Lipinski definition) is 3. The maximum absolute atomic E-state index is 13.9. The fraction of sp³-hybridized carbons (Fsp3) is 0.533. The van der Waals surface area contributed by atoms with Gasteiger partial charge in [0.1, 0.15) is 0 Å². The van der Waals surface area contributed by atoms with Crippen molar-refractivity contribution in [2.24, 2.45) is 16.3 Å². The summed E-state index contributed by atoms with van der Waals surface area (Å²) in [6, 6.07) is 4.33. The van der Waals surface area contributed by atoms with Crippen LogP contribution in [0.3, 0.4) is 0 Å². The number of amidine groups is 1. The highest BCUT2D eigenvalue weighted by Gasteiger charge is 2.28. The Morgan fingerprint density at radius 3 is 2.60 bits per heavy atom. The monoisotopic (exact) mass is 280 g/mol. The molecule has 4 nitrogen and oxygen atoms in total. The van der Waals surface area contributed by atoms with Gasteiger partial charge in [-0.25, -0.2) is 4.39 Å². The quantitative estimate of drug-likeness (QED) is 0.386. The van der Waals surface area contributed by atoms with Crippen molar-refractivity contribution in [3.05, 3.63) is 29.6 Å². The van der Waals surface area contributed by atoms with Crippen molar-refractivity contribution in [3.8, 4) is 5.75 Å². The van der Waals surface area contributed by atoms with Gasteiger partial charge in [0.2, 0.25) is 0 Å². The van der Waals surface area contributed by atoms with Crippen molar-refractivity contribution < 1.29 is 14.3 Å². The van der Waals surface area contributed by atoms with Crippen molar-refractivity contribution >= 4 is 5.84 Å². The second-order valence-corrected chi connectivity index (χ2v) is 6.11. The summed E-state index contributed by atoms with van der Waals surface area (Å²) in [4.78, 5) is 0. The van der Waals surface area contributed by atoms with Gasteiger partial charge >= 0.3 is 0 Å². The number of oxime groups is 1. The van der Waals surface area contributed by atoms with E-state index in [0.29, 0.717) is 11.0 Å². The van der Waals surface area contributed by atoms with Crippen LogP contribution in [0.1, 0.15) is 45.1 Å². The summed E-state index contributed by atoms with van der Waals surface area (Å²) in [5.74, 6) is -0.377. The van der Waals surface area contributed by atoms with E-state index in [9.17, 15) is 4.39 Å². The first-order valence-electron chi connectivity index (χ1n) is 6.85. The standard InChI is InChI=1S/C15H21FN2O2/c1-15(2)7-5-11(6-8-15)20-13-4-3-10(9-12(13)16)14(17)18-19/h3-4,9,11,19H,5-8H2,1-2H3,(H2,17,18). The van der Waals surface area contributed by atoms with Crippen LogP contribution in [0.25, 0.3) is 0 Å². The number of hydrogen-bond donors (Lipinski definition) is 2. The maximum Gasteiger partial charge on any atom is 0.170 e. The first-order valence-corrected chi connectivity index (χ1v) is 6.85. The molecule has 0 saturated heterocycles. The Balaban J connectivity index is 2.04. The van der Waals surface area contributed by atoms with Crippen LogP contribution >= 0.6 is 0 Å². The predicted molar refractivity (Wildman–Crippen MR) is 75.6 cm³/mol. The average Bonchev–Trinajstić information content (AvgIpc) is 2.42. The van der Waals surface area contributed by atoms with Gasteiger partial charge in [0.15, 0.2) is 17.4 Å². The molecule has 5 heteroatoms. The Labute approximate surface area is 118 Å². The molecule has 1 aromatic carbocycles. The summed E-state index contributed by atoms with van der Waals surface area (Å²) < 4.78 is 19.7. The van der Waals surface area contributed by atoms with Gasteiger partial charge in [-0.15, -0.1) is 0 Å². The molecule has 0 radical (unpaired) electrons. The normalized spacial score (nSPS) is 19.9. The van der Waals surface area contributed by atoms with Gasteiger partial charge in [-0.1, -0.05) is 19.0 Å². The van der Waals surface area contributed by atoms with E-state index in [4.69, 9.17) is 15.7 Å². The minimum Gasteiger partial charge on any atom is -0.487 e. The molecule has 1 fully saturated rings. The zero-order valence-corrected chi connectivity index (χ0v) is 11.9. The SMILES string of the molecule is CC1(C)CCC(Oc2ccc(/C(N)=N/O)cc2F)CC1. The van der Waals surface area contributed by atoms with Crippen molar-refractivity contribution in [2.75, 3.05) is 0 Å². The topological polar surface area (TPSA) is 67.8 Å². The second-order valence-electron chi connectivity index (χ2n) is 6.11. The number of benzene rings is 1. The van der Waals surface area contributed by atoms with E-state index in [1.807, 2.05) is 0 Å². The Morgan fingerprint density at radius 2 is 2.05 bits per heavy atom. The Morgan fingerprint density at radius 1 is 1.40 bits per heavy atom. The summed E-state index contributed by atoms with van der Waals surface area (Å²) in [5.41, 5.74) is 6.11. The van der Waals surface area contributed by atoms with Crippen LogP contribution < -0.4 is 10.5 Å². The number of ether oxygens (including phenoxy) is 1. The molecular formula is C15H21FN2O2. The summed E-state index contributed by atoms with van der Waals surface area (Å²) in [5, 5.41) is 11.4. The van der Waals surface area contributed by atoms with Crippen LogP contribution in [0.5, 0.6) is 5.75 Å².